The van der Waals surface area contributed by atoms with Crippen LogP contribution in [0.2, 0.25) is 0 Å². The van der Waals surface area contributed by atoms with Crippen LogP contribution < -0.4 is 15.4 Å². The third-order valence-corrected chi connectivity index (χ3v) is 2.38. The van der Waals surface area contributed by atoms with Crippen LogP contribution in [0, 0.1) is 5.92 Å². The fourth-order valence-corrected chi connectivity index (χ4v) is 1.32. The molecule has 1 aromatic heterocycles. The Morgan fingerprint density at radius 3 is 2.44 bits per heavy atom. The molecule has 0 radical (unpaired) electrons. The molecule has 0 spiro atoms. The summed E-state index contributed by atoms with van der Waals surface area (Å²) in [6.45, 7) is 3.70. The van der Waals surface area contributed by atoms with E-state index in [4.69, 9.17) is 4.74 Å². The third kappa shape index (κ3) is 2.95. The SMILES string of the molecule is CCNc1nc(NCC2CC2)nc(OC)n1. The summed E-state index contributed by atoms with van der Waals surface area (Å²) in [7, 11) is 1.55. The van der Waals surface area contributed by atoms with Crippen molar-refractivity contribution in [3.63, 3.8) is 0 Å². The molecule has 6 heteroatoms. The van der Waals surface area contributed by atoms with Crippen molar-refractivity contribution >= 4 is 11.9 Å². The highest BCUT2D eigenvalue weighted by Gasteiger charge is 2.21. The maximum Gasteiger partial charge on any atom is 0.322 e. The van der Waals surface area contributed by atoms with Gasteiger partial charge < -0.3 is 15.4 Å². The van der Waals surface area contributed by atoms with Crippen LogP contribution in [0.5, 0.6) is 6.01 Å². The summed E-state index contributed by atoms with van der Waals surface area (Å²) in [4.78, 5) is 12.5. The molecule has 0 atom stereocenters. The van der Waals surface area contributed by atoms with Crippen molar-refractivity contribution in [3.8, 4) is 6.01 Å². The van der Waals surface area contributed by atoms with E-state index in [0.717, 1.165) is 19.0 Å². The Labute approximate surface area is 94.9 Å². The van der Waals surface area contributed by atoms with Gasteiger partial charge in [-0.25, -0.2) is 0 Å². The molecule has 2 rings (SSSR count). The van der Waals surface area contributed by atoms with Crippen LogP contribution in [-0.2, 0) is 0 Å². The lowest BCUT2D eigenvalue weighted by molar-refractivity contribution is 0.379. The summed E-state index contributed by atoms with van der Waals surface area (Å²) in [5.41, 5.74) is 0. The quantitative estimate of drug-likeness (QED) is 0.753. The maximum atomic E-state index is 5.02. The number of hydrogen-bond acceptors (Lipinski definition) is 6. The van der Waals surface area contributed by atoms with E-state index in [-0.39, 0.29) is 0 Å². The predicted octanol–water partition coefficient (Wildman–Crippen LogP) is 1.13. The van der Waals surface area contributed by atoms with E-state index in [9.17, 15) is 0 Å². The molecule has 0 aliphatic heterocycles. The van der Waals surface area contributed by atoms with Gasteiger partial charge in [0.1, 0.15) is 0 Å². The topological polar surface area (TPSA) is 72.0 Å². The van der Waals surface area contributed by atoms with E-state index in [1.54, 1.807) is 7.11 Å². The number of anilines is 2. The fraction of sp³-hybridized carbons (Fsp3) is 0.700. The Hall–Kier alpha value is -1.59. The molecule has 88 valence electrons. The largest absolute Gasteiger partial charge is 0.467 e. The number of rotatable bonds is 6. The summed E-state index contributed by atoms with van der Waals surface area (Å²) in [6, 6.07) is 0.337. The molecule has 1 aliphatic carbocycles. The van der Waals surface area contributed by atoms with Gasteiger partial charge in [-0.15, -0.1) is 0 Å². The van der Waals surface area contributed by atoms with Crippen LogP contribution in [0.25, 0.3) is 0 Å². The molecule has 1 heterocycles. The molecule has 0 amide bonds. The van der Waals surface area contributed by atoms with E-state index in [0.29, 0.717) is 17.9 Å². The van der Waals surface area contributed by atoms with Crippen molar-refractivity contribution in [1.29, 1.82) is 0 Å². The first kappa shape index (κ1) is 10.9. The van der Waals surface area contributed by atoms with Gasteiger partial charge in [-0.2, -0.15) is 15.0 Å². The highest BCUT2D eigenvalue weighted by atomic mass is 16.5. The van der Waals surface area contributed by atoms with Crippen molar-refractivity contribution in [2.75, 3.05) is 30.8 Å². The van der Waals surface area contributed by atoms with Crippen LogP contribution in [0.4, 0.5) is 11.9 Å². The zero-order chi connectivity index (χ0) is 11.4. The van der Waals surface area contributed by atoms with E-state index >= 15 is 0 Å². The molecule has 1 aliphatic rings. The minimum Gasteiger partial charge on any atom is -0.467 e. The maximum absolute atomic E-state index is 5.02. The molecule has 6 nitrogen and oxygen atoms in total. The van der Waals surface area contributed by atoms with Crippen LogP contribution in [-0.4, -0.2) is 35.2 Å². The van der Waals surface area contributed by atoms with Gasteiger partial charge >= 0.3 is 6.01 Å². The molecule has 0 unspecified atom stereocenters. The van der Waals surface area contributed by atoms with E-state index in [1.807, 2.05) is 6.92 Å². The van der Waals surface area contributed by atoms with E-state index in [2.05, 4.69) is 25.6 Å². The monoisotopic (exact) mass is 223 g/mol. The van der Waals surface area contributed by atoms with Crippen LogP contribution in [0.1, 0.15) is 19.8 Å². The number of aromatic nitrogens is 3. The van der Waals surface area contributed by atoms with Crippen LogP contribution in [0.15, 0.2) is 0 Å². The Morgan fingerprint density at radius 1 is 1.19 bits per heavy atom. The molecule has 0 aromatic carbocycles. The Morgan fingerprint density at radius 2 is 1.88 bits per heavy atom. The van der Waals surface area contributed by atoms with Gasteiger partial charge in [-0.3, -0.25) is 0 Å². The van der Waals surface area contributed by atoms with Crippen molar-refractivity contribution < 1.29 is 4.74 Å². The van der Waals surface area contributed by atoms with E-state index in [1.165, 1.54) is 12.8 Å². The number of ether oxygens (including phenoxy) is 1. The van der Waals surface area contributed by atoms with Gasteiger partial charge in [-0.1, -0.05) is 0 Å². The van der Waals surface area contributed by atoms with Gasteiger partial charge in [0.05, 0.1) is 7.11 Å². The number of methoxy groups -OCH3 is 1. The summed E-state index contributed by atoms with van der Waals surface area (Å²) in [5, 5.41) is 6.24. The second-order valence-corrected chi connectivity index (χ2v) is 3.82. The van der Waals surface area contributed by atoms with Gasteiger partial charge in [0.25, 0.3) is 0 Å². The minimum atomic E-state index is 0.337. The summed E-state index contributed by atoms with van der Waals surface area (Å²) in [5.74, 6) is 1.91. The van der Waals surface area contributed by atoms with Crippen molar-refractivity contribution in [2.45, 2.75) is 19.8 Å². The zero-order valence-electron chi connectivity index (χ0n) is 9.66. The number of nitrogens with zero attached hydrogens (tertiary/aromatic N) is 3. The second-order valence-electron chi connectivity index (χ2n) is 3.82. The van der Waals surface area contributed by atoms with Crippen molar-refractivity contribution in [1.82, 2.24) is 15.0 Å². The normalized spacial score (nSPS) is 14.6. The molecule has 1 saturated carbocycles. The smallest absolute Gasteiger partial charge is 0.322 e. The van der Waals surface area contributed by atoms with Crippen molar-refractivity contribution in [2.24, 2.45) is 5.92 Å². The van der Waals surface area contributed by atoms with Gasteiger partial charge in [0.2, 0.25) is 11.9 Å². The summed E-state index contributed by atoms with van der Waals surface area (Å²) < 4.78 is 5.02. The molecule has 1 fully saturated rings. The lowest BCUT2D eigenvalue weighted by Gasteiger charge is -2.07. The summed E-state index contributed by atoms with van der Waals surface area (Å²) >= 11 is 0. The summed E-state index contributed by atoms with van der Waals surface area (Å²) in [6.07, 6.45) is 2.60. The first-order chi connectivity index (χ1) is 7.81. The molecule has 16 heavy (non-hydrogen) atoms. The Balaban J connectivity index is 2.04. The zero-order valence-corrected chi connectivity index (χ0v) is 9.66. The molecule has 0 bridgehead atoms. The molecule has 2 N–H and O–H groups in total. The van der Waals surface area contributed by atoms with Crippen molar-refractivity contribution in [3.05, 3.63) is 0 Å². The average molecular weight is 223 g/mol. The average Bonchev–Trinajstić information content (AvgIpc) is 3.10. The van der Waals surface area contributed by atoms with Gasteiger partial charge in [0.15, 0.2) is 0 Å². The molecular formula is C10H17N5O. The first-order valence-corrected chi connectivity index (χ1v) is 5.59. The Kier molecular flexibility index (Phi) is 3.38. The number of hydrogen-bond donors (Lipinski definition) is 2. The molecule has 1 aromatic rings. The van der Waals surface area contributed by atoms with Gasteiger partial charge in [-0.05, 0) is 25.7 Å². The lowest BCUT2D eigenvalue weighted by Crippen LogP contribution is -2.11. The molecule has 0 saturated heterocycles. The van der Waals surface area contributed by atoms with Crippen LogP contribution in [0.3, 0.4) is 0 Å². The number of nitrogens with one attached hydrogen (secondary N) is 2. The lowest BCUT2D eigenvalue weighted by atomic mass is 10.4. The van der Waals surface area contributed by atoms with E-state index < -0.39 is 0 Å². The van der Waals surface area contributed by atoms with Crippen LogP contribution >= 0.6 is 0 Å². The Bertz CT molecular complexity index is 353. The second kappa shape index (κ2) is 4.96. The highest BCUT2D eigenvalue weighted by Crippen LogP contribution is 2.28. The minimum absolute atomic E-state index is 0.337. The third-order valence-electron chi connectivity index (χ3n) is 2.38. The van der Waals surface area contributed by atoms with Gasteiger partial charge in [0, 0.05) is 13.1 Å². The standard InChI is InChI=1S/C10H17N5O/c1-3-11-8-13-9(12-6-7-4-5-7)15-10(14-8)16-2/h7H,3-6H2,1-2H3,(H2,11,12,13,14,15). The predicted molar refractivity (Wildman–Crippen MR) is 61.8 cm³/mol. The molecular weight excluding hydrogens is 206 g/mol. The first-order valence-electron chi connectivity index (χ1n) is 5.59. The fourth-order valence-electron chi connectivity index (χ4n) is 1.32. The highest BCUT2D eigenvalue weighted by molar-refractivity contribution is 5.35.